The number of esters is 1. The summed E-state index contributed by atoms with van der Waals surface area (Å²) in [5, 5.41) is -0.487. The minimum Gasteiger partial charge on any atom is -0.493 e. The summed E-state index contributed by atoms with van der Waals surface area (Å²) in [4.78, 5) is 11.7. The molecule has 6 heteroatoms. The number of carbonyl (C=O) groups is 1. The molecule has 0 radical (unpaired) electrons. The molecular weight excluding hydrogens is 292 g/mol. The van der Waals surface area contributed by atoms with E-state index in [1.54, 1.807) is 6.07 Å². The number of benzene rings is 1. The number of ether oxygens (including phenoxy) is 4. The van der Waals surface area contributed by atoms with Gasteiger partial charge in [0.05, 0.1) is 21.3 Å². The summed E-state index contributed by atoms with van der Waals surface area (Å²) in [7, 11) is 4.47. The van der Waals surface area contributed by atoms with Gasteiger partial charge in [-0.05, 0) is 22.0 Å². The highest BCUT2D eigenvalue weighted by Crippen LogP contribution is 2.48. The van der Waals surface area contributed by atoms with E-state index in [0.29, 0.717) is 28.4 Å². The van der Waals surface area contributed by atoms with Crippen LogP contribution < -0.4 is 14.2 Å². The van der Waals surface area contributed by atoms with E-state index in [0.717, 1.165) is 0 Å². The zero-order valence-corrected chi connectivity index (χ0v) is 11.2. The number of hydrogen-bond donors (Lipinski definition) is 0. The summed E-state index contributed by atoms with van der Waals surface area (Å²) in [6, 6.07) is 1.70. The van der Waals surface area contributed by atoms with Gasteiger partial charge >= 0.3 is 5.97 Å². The Morgan fingerprint density at radius 2 is 1.82 bits per heavy atom. The van der Waals surface area contributed by atoms with Crippen LogP contribution in [0.4, 0.5) is 0 Å². The maximum absolute atomic E-state index is 11.7. The van der Waals surface area contributed by atoms with Crippen molar-refractivity contribution in [3.63, 3.8) is 0 Å². The number of alkyl halides is 1. The Morgan fingerprint density at radius 1 is 1.18 bits per heavy atom. The Hall–Kier alpha value is -1.43. The fraction of sp³-hybridized carbons (Fsp3) is 0.364. The average Bonchev–Trinajstić information content (AvgIpc) is 2.62. The zero-order valence-electron chi connectivity index (χ0n) is 9.57. The summed E-state index contributed by atoms with van der Waals surface area (Å²) in [5.74, 6) is 0.756. The Balaban J connectivity index is 2.73. The first-order chi connectivity index (χ1) is 8.13. The van der Waals surface area contributed by atoms with Gasteiger partial charge in [0.2, 0.25) is 5.75 Å². The Morgan fingerprint density at radius 3 is 2.35 bits per heavy atom. The van der Waals surface area contributed by atoms with Crippen molar-refractivity contribution in [3.05, 3.63) is 17.2 Å². The Kier molecular flexibility index (Phi) is 3.15. The number of halogens is 1. The van der Waals surface area contributed by atoms with E-state index in [1.807, 2.05) is 0 Å². The number of rotatable bonds is 3. The number of fused-ring (bicyclic) bond motifs is 1. The Bertz CT molecular complexity index is 471. The molecule has 0 N–H and O–H groups in total. The summed E-state index contributed by atoms with van der Waals surface area (Å²) in [6.07, 6.45) is 0. The van der Waals surface area contributed by atoms with Crippen LogP contribution in [-0.2, 0) is 4.74 Å². The van der Waals surface area contributed by atoms with Gasteiger partial charge < -0.3 is 18.9 Å². The van der Waals surface area contributed by atoms with Gasteiger partial charge in [-0.3, -0.25) is 0 Å². The van der Waals surface area contributed by atoms with E-state index in [9.17, 15) is 4.79 Å². The lowest BCUT2D eigenvalue weighted by Crippen LogP contribution is -2.02. The summed E-state index contributed by atoms with van der Waals surface area (Å²) in [5.41, 5.74) is 1.04. The molecule has 0 aliphatic carbocycles. The van der Waals surface area contributed by atoms with Crippen LogP contribution >= 0.6 is 15.9 Å². The second-order valence-corrected chi connectivity index (χ2v) is 4.16. The van der Waals surface area contributed by atoms with Crippen molar-refractivity contribution in [3.8, 4) is 17.2 Å². The molecule has 1 aromatic rings. The van der Waals surface area contributed by atoms with E-state index in [1.165, 1.54) is 21.3 Å². The summed E-state index contributed by atoms with van der Waals surface area (Å²) < 4.78 is 20.7. The molecule has 5 nitrogen and oxygen atoms in total. The van der Waals surface area contributed by atoms with Crippen molar-refractivity contribution < 1.29 is 23.7 Å². The van der Waals surface area contributed by atoms with Gasteiger partial charge in [0.25, 0.3) is 0 Å². The van der Waals surface area contributed by atoms with E-state index in [4.69, 9.17) is 18.9 Å². The molecule has 1 heterocycles. The molecule has 0 saturated heterocycles. The monoisotopic (exact) mass is 302 g/mol. The van der Waals surface area contributed by atoms with Crippen LogP contribution in [0.25, 0.3) is 0 Å². The number of methoxy groups -OCH3 is 3. The minimum atomic E-state index is -0.487. The molecule has 1 unspecified atom stereocenters. The number of cyclic esters (lactones) is 1. The standard InChI is InChI=1S/C11H11BrO5/c1-14-6-4-5-7(11(13)17-10(5)12)9(16-3)8(6)15-2/h4,10H,1-3H3. The summed E-state index contributed by atoms with van der Waals surface area (Å²) in [6.45, 7) is 0. The van der Waals surface area contributed by atoms with Crippen molar-refractivity contribution >= 4 is 21.9 Å². The first-order valence-electron chi connectivity index (χ1n) is 4.82. The van der Waals surface area contributed by atoms with Crippen LogP contribution in [-0.4, -0.2) is 27.3 Å². The van der Waals surface area contributed by atoms with Crippen molar-refractivity contribution in [2.75, 3.05) is 21.3 Å². The van der Waals surface area contributed by atoms with Crippen LogP contribution in [0, 0.1) is 0 Å². The maximum Gasteiger partial charge on any atom is 0.344 e. The molecule has 0 fully saturated rings. The minimum absolute atomic E-state index is 0.328. The molecule has 0 bridgehead atoms. The quantitative estimate of drug-likeness (QED) is 0.633. The van der Waals surface area contributed by atoms with Crippen LogP contribution in [0.3, 0.4) is 0 Å². The predicted octanol–water partition coefficient (Wildman–Crippen LogP) is 2.28. The van der Waals surface area contributed by atoms with Crippen molar-refractivity contribution in [2.24, 2.45) is 0 Å². The SMILES string of the molecule is COc1cc2c(c(OC)c1OC)C(=O)OC2Br. The second kappa shape index (κ2) is 4.44. The van der Waals surface area contributed by atoms with Gasteiger partial charge in [0.15, 0.2) is 16.5 Å². The fourth-order valence-corrected chi connectivity index (χ4v) is 2.31. The van der Waals surface area contributed by atoms with E-state index < -0.39 is 11.0 Å². The van der Waals surface area contributed by atoms with Gasteiger partial charge in [-0.15, -0.1) is 0 Å². The van der Waals surface area contributed by atoms with Crippen molar-refractivity contribution in [1.82, 2.24) is 0 Å². The van der Waals surface area contributed by atoms with Gasteiger partial charge in [-0.1, -0.05) is 0 Å². The molecule has 1 atom stereocenters. The third kappa shape index (κ3) is 1.72. The molecule has 0 aromatic heterocycles. The normalized spacial score (nSPS) is 17.4. The third-order valence-electron chi connectivity index (χ3n) is 2.52. The molecule has 1 aliphatic rings. The van der Waals surface area contributed by atoms with E-state index >= 15 is 0 Å². The van der Waals surface area contributed by atoms with E-state index in [2.05, 4.69) is 15.9 Å². The van der Waals surface area contributed by atoms with Crippen LogP contribution in [0.5, 0.6) is 17.2 Å². The van der Waals surface area contributed by atoms with Crippen LogP contribution in [0.15, 0.2) is 6.07 Å². The molecule has 0 spiro atoms. The second-order valence-electron chi connectivity index (χ2n) is 3.33. The van der Waals surface area contributed by atoms with Gasteiger partial charge in [0, 0.05) is 5.56 Å². The lowest BCUT2D eigenvalue weighted by Gasteiger charge is -2.14. The highest BCUT2D eigenvalue weighted by atomic mass is 79.9. The molecule has 0 amide bonds. The largest absolute Gasteiger partial charge is 0.493 e. The highest BCUT2D eigenvalue weighted by molar-refractivity contribution is 9.09. The molecular formula is C11H11BrO5. The first kappa shape index (κ1) is 12.0. The van der Waals surface area contributed by atoms with Crippen LogP contribution in [0.1, 0.15) is 20.9 Å². The molecule has 17 heavy (non-hydrogen) atoms. The maximum atomic E-state index is 11.7. The predicted molar refractivity (Wildman–Crippen MR) is 63.2 cm³/mol. The van der Waals surface area contributed by atoms with Crippen molar-refractivity contribution in [2.45, 2.75) is 5.01 Å². The first-order valence-corrected chi connectivity index (χ1v) is 5.73. The van der Waals surface area contributed by atoms with Crippen molar-refractivity contribution in [1.29, 1.82) is 0 Å². The van der Waals surface area contributed by atoms with E-state index in [-0.39, 0.29) is 0 Å². The lowest BCUT2D eigenvalue weighted by atomic mass is 10.1. The molecule has 92 valence electrons. The third-order valence-corrected chi connectivity index (χ3v) is 3.20. The summed E-state index contributed by atoms with van der Waals surface area (Å²) >= 11 is 3.26. The average molecular weight is 303 g/mol. The van der Waals surface area contributed by atoms with Crippen LogP contribution in [0.2, 0.25) is 0 Å². The molecule has 2 rings (SSSR count). The molecule has 1 aliphatic heterocycles. The molecule has 0 saturated carbocycles. The fourth-order valence-electron chi connectivity index (χ4n) is 1.78. The number of hydrogen-bond acceptors (Lipinski definition) is 5. The topological polar surface area (TPSA) is 54.0 Å². The van der Waals surface area contributed by atoms with Gasteiger partial charge in [-0.2, -0.15) is 0 Å². The zero-order chi connectivity index (χ0) is 12.6. The smallest absolute Gasteiger partial charge is 0.344 e. The molecule has 1 aromatic carbocycles. The lowest BCUT2D eigenvalue weighted by molar-refractivity contribution is 0.0528. The van der Waals surface area contributed by atoms with Gasteiger partial charge in [0.1, 0.15) is 5.56 Å². The number of carbonyl (C=O) groups excluding carboxylic acids is 1. The highest BCUT2D eigenvalue weighted by Gasteiger charge is 2.36. The van der Waals surface area contributed by atoms with Gasteiger partial charge in [-0.25, -0.2) is 4.79 Å². The Labute approximate surface area is 107 Å².